The molecule has 0 aliphatic heterocycles. The maximum Gasteiger partial charge on any atom is 0.332 e. The van der Waals surface area contributed by atoms with E-state index in [1.165, 1.54) is 4.90 Å². The molecule has 8 nitrogen and oxygen atoms in total. The first-order valence-electron chi connectivity index (χ1n) is 20.2. The first kappa shape index (κ1) is 37.6. The average Bonchev–Trinajstić information content (AvgIpc) is 3.34. The van der Waals surface area contributed by atoms with Crippen molar-refractivity contribution in [2.45, 2.75) is 0 Å². The third-order valence-electron chi connectivity index (χ3n) is 10.8. The zero-order valence-corrected chi connectivity index (χ0v) is 33.3. The number of nitrogens with zero attached hydrogens (tertiary/aromatic N) is 5. The molecule has 62 heavy (non-hydrogen) atoms. The molecule has 10 rings (SSSR count). The van der Waals surface area contributed by atoms with Crippen LogP contribution in [0.2, 0.25) is 0 Å². The van der Waals surface area contributed by atoms with E-state index in [0.29, 0.717) is 35.0 Å². The van der Waals surface area contributed by atoms with Gasteiger partial charge in [-0.1, -0.05) is 164 Å². The van der Waals surface area contributed by atoms with E-state index < -0.39 is 6.03 Å². The molecule has 0 spiro atoms. The standard InChI is InChI=1S/C54H36N6O2/c61-35-55-54(62)60(43-25-15-24-42(33-43)53-57-48-29-13-11-27-45(48)51(59-53)38-20-8-3-9-21-38)49-31-30-39(36-16-4-1-5-17-36)34-46(49)40-22-14-23-41(32-40)52-56-47-28-12-10-26-44(47)50(58-52)37-18-6-2-7-19-37/h1-35H,(H,55,61,62). The zero-order valence-electron chi connectivity index (χ0n) is 33.3. The van der Waals surface area contributed by atoms with Crippen LogP contribution in [-0.2, 0) is 4.79 Å². The molecular weight excluding hydrogens is 765 g/mol. The zero-order chi connectivity index (χ0) is 41.8. The molecule has 2 aromatic heterocycles. The van der Waals surface area contributed by atoms with Gasteiger partial charge in [-0.3, -0.25) is 15.0 Å². The Morgan fingerprint density at radius 1 is 0.419 bits per heavy atom. The molecule has 0 saturated heterocycles. The minimum atomic E-state index is -0.628. The first-order chi connectivity index (χ1) is 30.6. The summed E-state index contributed by atoms with van der Waals surface area (Å²) >= 11 is 0. The van der Waals surface area contributed by atoms with Gasteiger partial charge in [-0.05, 0) is 59.2 Å². The van der Waals surface area contributed by atoms with Gasteiger partial charge in [0.05, 0.1) is 33.8 Å². The number of urea groups is 1. The Hall–Kier alpha value is -8.62. The summed E-state index contributed by atoms with van der Waals surface area (Å²) in [4.78, 5) is 48.0. The largest absolute Gasteiger partial charge is 0.332 e. The second-order valence-electron chi connectivity index (χ2n) is 14.7. The van der Waals surface area contributed by atoms with Gasteiger partial charge in [0.1, 0.15) is 0 Å². The maximum atomic E-state index is 14.3. The summed E-state index contributed by atoms with van der Waals surface area (Å²) in [7, 11) is 0. The minimum absolute atomic E-state index is 0.401. The van der Waals surface area contributed by atoms with Crippen molar-refractivity contribution in [1.29, 1.82) is 0 Å². The average molecular weight is 801 g/mol. The lowest BCUT2D eigenvalue weighted by Crippen LogP contribution is -2.36. The molecule has 0 saturated carbocycles. The van der Waals surface area contributed by atoms with Crippen LogP contribution < -0.4 is 10.2 Å². The van der Waals surface area contributed by atoms with Crippen LogP contribution >= 0.6 is 0 Å². The van der Waals surface area contributed by atoms with E-state index in [4.69, 9.17) is 19.9 Å². The molecule has 0 aliphatic rings. The van der Waals surface area contributed by atoms with Crippen LogP contribution in [0.15, 0.2) is 206 Å². The molecule has 0 fully saturated rings. The van der Waals surface area contributed by atoms with E-state index in [1.54, 1.807) is 0 Å². The predicted octanol–water partition coefficient (Wildman–Crippen LogP) is 12.6. The SMILES string of the molecule is O=CNC(=O)N(c1cccc(-c2nc(-c3ccccc3)c3ccccc3n2)c1)c1ccc(-c2ccccc2)cc1-c1cccc(-c2nc(-c3ccccc3)c3ccccc3n2)c1. The Balaban J connectivity index is 1.14. The van der Waals surface area contributed by atoms with Crippen molar-refractivity contribution in [1.82, 2.24) is 25.3 Å². The van der Waals surface area contributed by atoms with E-state index in [0.717, 1.165) is 72.1 Å². The molecule has 10 aromatic rings. The van der Waals surface area contributed by atoms with Crippen molar-refractivity contribution >= 4 is 45.6 Å². The quantitative estimate of drug-likeness (QED) is 0.146. The van der Waals surface area contributed by atoms with E-state index >= 15 is 0 Å². The summed E-state index contributed by atoms with van der Waals surface area (Å²) in [6.07, 6.45) is 0.401. The number of rotatable bonds is 9. The molecule has 1 N–H and O–H groups in total. The van der Waals surface area contributed by atoms with Crippen LogP contribution in [0.4, 0.5) is 16.2 Å². The van der Waals surface area contributed by atoms with E-state index in [9.17, 15) is 9.59 Å². The molecule has 0 unspecified atom stereocenters. The minimum Gasteiger partial charge on any atom is -0.280 e. The number of carbonyl (C=O) groups excluding carboxylic acids is 2. The second-order valence-corrected chi connectivity index (χ2v) is 14.7. The van der Waals surface area contributed by atoms with Gasteiger partial charge >= 0.3 is 6.03 Å². The van der Waals surface area contributed by atoms with Crippen molar-refractivity contribution in [2.24, 2.45) is 0 Å². The molecule has 0 radical (unpaired) electrons. The third-order valence-corrected chi connectivity index (χ3v) is 10.8. The first-order valence-corrected chi connectivity index (χ1v) is 20.2. The summed E-state index contributed by atoms with van der Waals surface area (Å²) in [6.45, 7) is 0. The number of hydrogen-bond acceptors (Lipinski definition) is 6. The molecule has 0 bridgehead atoms. The van der Waals surface area contributed by atoms with E-state index in [-0.39, 0.29) is 0 Å². The summed E-state index contributed by atoms with van der Waals surface area (Å²) in [5.41, 5.74) is 11.3. The van der Waals surface area contributed by atoms with Crippen LogP contribution in [0.3, 0.4) is 0 Å². The van der Waals surface area contributed by atoms with Crippen LogP contribution in [0.1, 0.15) is 0 Å². The van der Waals surface area contributed by atoms with Gasteiger partial charge in [0, 0.05) is 38.6 Å². The number of aromatic nitrogens is 4. The number of para-hydroxylation sites is 2. The van der Waals surface area contributed by atoms with Gasteiger partial charge in [0.25, 0.3) is 0 Å². The second kappa shape index (κ2) is 16.6. The highest BCUT2D eigenvalue weighted by Gasteiger charge is 2.24. The number of carbonyl (C=O) groups is 2. The Morgan fingerprint density at radius 2 is 0.903 bits per heavy atom. The van der Waals surface area contributed by atoms with Gasteiger partial charge in [-0.25, -0.2) is 24.7 Å². The smallest absolute Gasteiger partial charge is 0.280 e. The van der Waals surface area contributed by atoms with Gasteiger partial charge in [-0.15, -0.1) is 0 Å². The lowest BCUT2D eigenvalue weighted by Gasteiger charge is -2.26. The lowest BCUT2D eigenvalue weighted by atomic mass is 9.95. The summed E-state index contributed by atoms with van der Waals surface area (Å²) in [5, 5.41) is 4.30. The van der Waals surface area contributed by atoms with Crippen LogP contribution in [0, 0.1) is 0 Å². The van der Waals surface area contributed by atoms with Crippen LogP contribution in [0.5, 0.6) is 0 Å². The fraction of sp³-hybridized carbons (Fsp3) is 0. The Bertz CT molecular complexity index is 3270. The monoisotopic (exact) mass is 800 g/mol. The van der Waals surface area contributed by atoms with Crippen molar-refractivity contribution in [3.8, 4) is 67.5 Å². The number of nitrogens with one attached hydrogen (secondary N) is 1. The number of benzene rings is 8. The van der Waals surface area contributed by atoms with Gasteiger partial charge in [-0.2, -0.15) is 0 Å². The number of fused-ring (bicyclic) bond motifs is 2. The molecular formula is C54H36N6O2. The summed E-state index contributed by atoms with van der Waals surface area (Å²) in [6, 6.07) is 67.1. The molecule has 0 aliphatic carbocycles. The highest BCUT2D eigenvalue weighted by Crippen LogP contribution is 2.41. The van der Waals surface area contributed by atoms with Gasteiger partial charge < -0.3 is 0 Å². The van der Waals surface area contributed by atoms with Crippen molar-refractivity contribution in [2.75, 3.05) is 4.90 Å². The Labute approximate surface area is 357 Å². The summed E-state index contributed by atoms with van der Waals surface area (Å²) in [5.74, 6) is 1.07. The lowest BCUT2D eigenvalue weighted by molar-refractivity contribution is -0.108. The fourth-order valence-corrected chi connectivity index (χ4v) is 7.91. The van der Waals surface area contributed by atoms with E-state index in [1.807, 2.05) is 176 Å². The summed E-state index contributed by atoms with van der Waals surface area (Å²) < 4.78 is 0. The molecule has 0 atom stereocenters. The van der Waals surface area contributed by atoms with Crippen LogP contribution in [-0.4, -0.2) is 32.4 Å². The molecule has 3 amide bonds. The van der Waals surface area contributed by atoms with Crippen molar-refractivity contribution in [3.63, 3.8) is 0 Å². The van der Waals surface area contributed by atoms with Crippen molar-refractivity contribution < 1.29 is 9.59 Å². The predicted molar refractivity (Wildman–Crippen MR) is 248 cm³/mol. The molecule has 294 valence electrons. The maximum absolute atomic E-state index is 14.3. The number of hydrogen-bond donors (Lipinski definition) is 1. The molecule has 8 heteroatoms. The van der Waals surface area contributed by atoms with Crippen molar-refractivity contribution in [3.05, 3.63) is 206 Å². The Kier molecular flexibility index (Phi) is 10.1. The normalized spacial score (nSPS) is 11.0. The third kappa shape index (κ3) is 7.33. The van der Waals surface area contributed by atoms with Gasteiger partial charge in [0.2, 0.25) is 6.41 Å². The number of imide groups is 1. The number of anilines is 2. The highest BCUT2D eigenvalue weighted by molar-refractivity contribution is 6.07. The number of amides is 3. The topological polar surface area (TPSA) is 101 Å². The molecule has 8 aromatic carbocycles. The highest BCUT2D eigenvalue weighted by atomic mass is 16.2. The van der Waals surface area contributed by atoms with E-state index in [2.05, 4.69) is 35.6 Å². The Morgan fingerprint density at radius 3 is 1.48 bits per heavy atom. The van der Waals surface area contributed by atoms with Gasteiger partial charge in [0.15, 0.2) is 11.6 Å². The van der Waals surface area contributed by atoms with Crippen LogP contribution in [0.25, 0.3) is 89.4 Å². The fourth-order valence-electron chi connectivity index (χ4n) is 7.91. The molecule has 2 heterocycles.